The van der Waals surface area contributed by atoms with Crippen LogP contribution in [0.5, 0.6) is 0 Å². The molecule has 8 nitrogen and oxygen atoms in total. The Balaban J connectivity index is 1.26. The molecule has 0 aliphatic carbocycles. The van der Waals surface area contributed by atoms with Crippen LogP contribution in [0.25, 0.3) is 22.2 Å². The van der Waals surface area contributed by atoms with Gasteiger partial charge in [0.15, 0.2) is 0 Å². The fourth-order valence-electron chi connectivity index (χ4n) is 5.78. The first kappa shape index (κ1) is 25.9. The summed E-state index contributed by atoms with van der Waals surface area (Å²) in [5.74, 6) is 1.77. The second kappa shape index (κ2) is 11.0. The summed E-state index contributed by atoms with van der Waals surface area (Å²) in [5, 5.41) is 18.9. The highest BCUT2D eigenvalue weighted by atomic mass is 15.4. The van der Waals surface area contributed by atoms with Crippen molar-refractivity contribution in [1.29, 1.82) is 5.26 Å². The number of pyridine rings is 1. The highest BCUT2D eigenvalue weighted by molar-refractivity contribution is 5.86. The fourth-order valence-corrected chi connectivity index (χ4v) is 5.78. The van der Waals surface area contributed by atoms with Crippen LogP contribution in [-0.2, 0) is 13.1 Å². The quantitative estimate of drug-likeness (QED) is 0.343. The Morgan fingerprint density at radius 3 is 2.48 bits per heavy atom. The van der Waals surface area contributed by atoms with Crippen LogP contribution in [0.1, 0.15) is 30.5 Å². The van der Waals surface area contributed by atoms with Crippen LogP contribution < -0.4 is 0 Å². The molecule has 0 saturated carbocycles. The number of fused-ring (bicyclic) bond motifs is 1. The first-order valence-electron chi connectivity index (χ1n) is 14.1. The van der Waals surface area contributed by atoms with E-state index in [0.717, 1.165) is 68.0 Å². The van der Waals surface area contributed by atoms with E-state index in [-0.39, 0.29) is 0 Å². The molecule has 6 rings (SSSR count). The lowest BCUT2D eigenvalue weighted by atomic mass is 9.98. The highest BCUT2D eigenvalue weighted by Crippen LogP contribution is 2.32. The standard InChI is InChI=1S/C32H36N8/c1-24(2)19-39-22-29(18-34-39)27-15-30(32-28(16-33)17-35-40(32)23-27)26-9-10-31(36(3)21-26)38-13-11-37(12-14-38)20-25-7-5-4-6-8-25/h4-10,15,17-18,22-24H,11-14,19-21H2,1-3H3. The average Bonchev–Trinajstić information content (AvgIpc) is 3.60. The van der Waals surface area contributed by atoms with E-state index in [2.05, 4.69) is 107 Å². The third kappa shape index (κ3) is 5.25. The molecule has 0 bridgehead atoms. The van der Waals surface area contributed by atoms with Gasteiger partial charge in [-0.15, -0.1) is 0 Å². The Labute approximate surface area is 236 Å². The third-order valence-electron chi connectivity index (χ3n) is 7.77. The van der Waals surface area contributed by atoms with E-state index in [0.29, 0.717) is 11.5 Å². The van der Waals surface area contributed by atoms with Gasteiger partial charge in [0, 0.05) is 81.9 Å². The van der Waals surface area contributed by atoms with Crippen LogP contribution >= 0.6 is 0 Å². The number of allylic oxidation sites excluding steroid dienone is 2. The van der Waals surface area contributed by atoms with Gasteiger partial charge in [-0.2, -0.15) is 15.5 Å². The van der Waals surface area contributed by atoms with Crippen LogP contribution in [0, 0.1) is 17.2 Å². The lowest BCUT2D eigenvalue weighted by Gasteiger charge is -2.41. The van der Waals surface area contributed by atoms with Crippen LogP contribution in [0.3, 0.4) is 0 Å². The van der Waals surface area contributed by atoms with Crippen LogP contribution in [0.2, 0.25) is 0 Å². The maximum atomic E-state index is 9.83. The van der Waals surface area contributed by atoms with Crippen molar-refractivity contribution in [1.82, 2.24) is 34.1 Å². The van der Waals surface area contributed by atoms with Crippen molar-refractivity contribution >= 4 is 11.1 Å². The Hall–Kier alpha value is -4.35. The van der Waals surface area contributed by atoms with Crippen molar-refractivity contribution in [3.8, 4) is 17.2 Å². The molecule has 1 aromatic carbocycles. The van der Waals surface area contributed by atoms with Gasteiger partial charge < -0.3 is 9.80 Å². The molecule has 0 unspecified atom stereocenters. The molecular formula is C32H36N8. The van der Waals surface area contributed by atoms with Gasteiger partial charge in [-0.05, 0) is 29.2 Å². The molecule has 1 saturated heterocycles. The zero-order chi connectivity index (χ0) is 27.6. The largest absolute Gasteiger partial charge is 0.357 e. The number of benzene rings is 1. The lowest BCUT2D eigenvalue weighted by Crippen LogP contribution is -2.48. The maximum Gasteiger partial charge on any atom is 0.104 e. The van der Waals surface area contributed by atoms with E-state index in [1.54, 1.807) is 6.20 Å². The Kier molecular flexibility index (Phi) is 7.14. The van der Waals surface area contributed by atoms with Crippen molar-refractivity contribution in [2.45, 2.75) is 26.9 Å². The molecule has 0 spiro atoms. The molecule has 2 aliphatic heterocycles. The van der Waals surface area contributed by atoms with Crippen molar-refractivity contribution in [2.24, 2.45) is 5.92 Å². The second-order valence-corrected chi connectivity index (χ2v) is 11.3. The van der Waals surface area contributed by atoms with Crippen LogP contribution in [0.4, 0.5) is 0 Å². The summed E-state index contributed by atoms with van der Waals surface area (Å²) >= 11 is 0. The van der Waals surface area contributed by atoms with E-state index in [9.17, 15) is 5.26 Å². The summed E-state index contributed by atoms with van der Waals surface area (Å²) in [6, 6.07) is 15.2. The Morgan fingerprint density at radius 1 is 0.950 bits per heavy atom. The van der Waals surface area contributed by atoms with Crippen molar-refractivity contribution in [3.05, 3.63) is 95.8 Å². The summed E-state index contributed by atoms with van der Waals surface area (Å²) in [5.41, 5.74) is 7.11. The van der Waals surface area contributed by atoms with E-state index >= 15 is 0 Å². The molecule has 5 heterocycles. The van der Waals surface area contributed by atoms with Crippen molar-refractivity contribution in [2.75, 3.05) is 39.8 Å². The van der Waals surface area contributed by atoms with Crippen molar-refractivity contribution in [3.63, 3.8) is 0 Å². The molecule has 2 aliphatic rings. The van der Waals surface area contributed by atoms with E-state index < -0.39 is 0 Å². The zero-order valence-corrected chi connectivity index (χ0v) is 23.5. The molecule has 8 heteroatoms. The minimum absolute atomic E-state index is 0.519. The average molecular weight is 533 g/mol. The highest BCUT2D eigenvalue weighted by Gasteiger charge is 2.25. The molecule has 1 fully saturated rings. The number of rotatable bonds is 7. The number of piperazine rings is 1. The molecule has 204 valence electrons. The summed E-state index contributed by atoms with van der Waals surface area (Å²) in [6.45, 7) is 11.1. The molecule has 4 aromatic rings. The van der Waals surface area contributed by atoms with E-state index in [4.69, 9.17) is 0 Å². The predicted molar refractivity (Wildman–Crippen MR) is 158 cm³/mol. The van der Waals surface area contributed by atoms with Gasteiger partial charge in [0.1, 0.15) is 11.9 Å². The smallest absolute Gasteiger partial charge is 0.104 e. The molecule has 3 aromatic heterocycles. The van der Waals surface area contributed by atoms with E-state index in [1.165, 1.54) is 17.0 Å². The minimum atomic E-state index is 0.519. The van der Waals surface area contributed by atoms with Crippen molar-refractivity contribution < 1.29 is 0 Å². The first-order chi connectivity index (χ1) is 19.5. The zero-order valence-electron chi connectivity index (χ0n) is 23.5. The molecule has 0 radical (unpaired) electrons. The molecule has 0 atom stereocenters. The minimum Gasteiger partial charge on any atom is -0.357 e. The van der Waals surface area contributed by atoms with Gasteiger partial charge in [-0.25, -0.2) is 4.52 Å². The predicted octanol–water partition coefficient (Wildman–Crippen LogP) is 4.71. The summed E-state index contributed by atoms with van der Waals surface area (Å²) in [6.07, 6.45) is 12.1. The van der Waals surface area contributed by atoms with E-state index in [1.807, 2.05) is 21.6 Å². The number of aromatic nitrogens is 4. The number of nitriles is 1. The topological polar surface area (TPSA) is 68.6 Å². The Bertz CT molecular complexity index is 1590. The van der Waals surface area contributed by atoms with Gasteiger partial charge in [0.05, 0.1) is 23.5 Å². The van der Waals surface area contributed by atoms with Crippen LogP contribution in [-0.4, -0.2) is 73.9 Å². The SMILES string of the molecule is CC(C)Cn1cc(-c2cc(C3=CC=C(N4CCN(Cc5ccccc5)CC4)N(C)C3)c3c(C#N)cnn3c2)cn1. The molecular weight excluding hydrogens is 496 g/mol. The number of nitrogens with zero attached hydrogens (tertiary/aromatic N) is 8. The maximum absolute atomic E-state index is 9.83. The van der Waals surface area contributed by atoms with Gasteiger partial charge in [-0.1, -0.05) is 50.3 Å². The fraction of sp³-hybridized carbons (Fsp3) is 0.344. The van der Waals surface area contributed by atoms with Gasteiger partial charge in [0.2, 0.25) is 0 Å². The molecule has 0 N–H and O–H groups in total. The summed E-state index contributed by atoms with van der Waals surface area (Å²) in [4.78, 5) is 7.35. The summed E-state index contributed by atoms with van der Waals surface area (Å²) < 4.78 is 3.84. The first-order valence-corrected chi connectivity index (χ1v) is 14.1. The normalized spacial score (nSPS) is 16.4. The lowest BCUT2D eigenvalue weighted by molar-refractivity contribution is 0.127. The molecule has 40 heavy (non-hydrogen) atoms. The van der Waals surface area contributed by atoms with Gasteiger partial charge >= 0.3 is 0 Å². The number of hydrogen-bond donors (Lipinski definition) is 0. The second-order valence-electron chi connectivity index (χ2n) is 11.3. The molecule has 0 amide bonds. The van der Waals surface area contributed by atoms with Gasteiger partial charge in [-0.3, -0.25) is 9.58 Å². The van der Waals surface area contributed by atoms with Gasteiger partial charge in [0.25, 0.3) is 0 Å². The number of hydrogen-bond acceptors (Lipinski definition) is 6. The monoisotopic (exact) mass is 532 g/mol. The summed E-state index contributed by atoms with van der Waals surface area (Å²) in [7, 11) is 2.16. The number of likely N-dealkylation sites (N-methyl/N-ethyl adjacent to an activating group) is 1. The Morgan fingerprint density at radius 2 is 1.75 bits per heavy atom. The van der Waals surface area contributed by atoms with Crippen LogP contribution in [0.15, 0.2) is 79.2 Å². The third-order valence-corrected chi connectivity index (χ3v) is 7.77.